The average molecular weight is 206 g/mol. The fraction of sp³-hybridized carbons (Fsp3) is 1.00. The van der Waals surface area contributed by atoms with E-state index in [1.54, 1.807) is 0 Å². The lowest BCUT2D eigenvalue weighted by atomic mass is 9.86. The molecule has 13 heavy (non-hydrogen) atoms. The van der Waals surface area contributed by atoms with Crippen molar-refractivity contribution in [3.8, 4) is 0 Å². The Labute approximate surface area is 79.9 Å². The van der Waals surface area contributed by atoms with Crippen LogP contribution in [0.4, 0.5) is 0 Å². The lowest BCUT2D eigenvalue weighted by molar-refractivity contribution is 0.322. The minimum absolute atomic E-state index is 0.264. The molecule has 0 aliphatic heterocycles. The summed E-state index contributed by atoms with van der Waals surface area (Å²) in [4.78, 5) is 0. The summed E-state index contributed by atoms with van der Waals surface area (Å²) in [5, 5.41) is 0. The third kappa shape index (κ3) is 4.59. The molecule has 0 aromatic heterocycles. The van der Waals surface area contributed by atoms with Crippen molar-refractivity contribution >= 4 is 10.0 Å². The van der Waals surface area contributed by atoms with Gasteiger partial charge >= 0.3 is 0 Å². The SMILES string of the molecule is CS(=O)(=O)NCC1CCCC(N)C1. The normalized spacial score (nSPS) is 30.3. The van der Waals surface area contributed by atoms with E-state index in [4.69, 9.17) is 5.73 Å². The van der Waals surface area contributed by atoms with E-state index in [1.807, 2.05) is 0 Å². The number of hydrogen-bond donors (Lipinski definition) is 2. The summed E-state index contributed by atoms with van der Waals surface area (Å²) in [6.07, 6.45) is 5.43. The van der Waals surface area contributed by atoms with Crippen molar-refractivity contribution in [1.29, 1.82) is 0 Å². The van der Waals surface area contributed by atoms with Gasteiger partial charge in [-0.25, -0.2) is 13.1 Å². The summed E-state index contributed by atoms with van der Waals surface area (Å²) >= 11 is 0. The quantitative estimate of drug-likeness (QED) is 0.685. The van der Waals surface area contributed by atoms with Gasteiger partial charge in [0.05, 0.1) is 6.26 Å². The molecule has 4 nitrogen and oxygen atoms in total. The Kier molecular flexibility index (Phi) is 3.70. The highest BCUT2D eigenvalue weighted by Gasteiger charge is 2.19. The Bertz CT molecular complexity index is 251. The Morgan fingerprint density at radius 3 is 2.69 bits per heavy atom. The zero-order valence-electron chi connectivity index (χ0n) is 7.99. The summed E-state index contributed by atoms with van der Waals surface area (Å²) in [6.45, 7) is 0.548. The topological polar surface area (TPSA) is 72.2 Å². The minimum atomic E-state index is -3.03. The van der Waals surface area contributed by atoms with Crippen LogP contribution in [0.1, 0.15) is 25.7 Å². The van der Waals surface area contributed by atoms with E-state index in [1.165, 1.54) is 6.26 Å². The van der Waals surface area contributed by atoms with Crippen LogP contribution in [0.3, 0.4) is 0 Å². The molecule has 0 radical (unpaired) electrons. The van der Waals surface area contributed by atoms with Gasteiger partial charge < -0.3 is 5.73 Å². The van der Waals surface area contributed by atoms with Gasteiger partial charge in [-0.3, -0.25) is 0 Å². The standard InChI is InChI=1S/C8H18N2O2S/c1-13(11,12)10-6-7-3-2-4-8(9)5-7/h7-8,10H,2-6,9H2,1H3. The van der Waals surface area contributed by atoms with E-state index in [-0.39, 0.29) is 6.04 Å². The maximum atomic E-state index is 10.8. The number of rotatable bonds is 3. The van der Waals surface area contributed by atoms with Crippen LogP contribution in [-0.4, -0.2) is 27.3 Å². The first-order chi connectivity index (χ1) is 5.97. The highest BCUT2D eigenvalue weighted by Crippen LogP contribution is 2.22. The smallest absolute Gasteiger partial charge is 0.208 e. The van der Waals surface area contributed by atoms with Crippen LogP contribution >= 0.6 is 0 Å². The Morgan fingerprint density at radius 2 is 2.15 bits per heavy atom. The molecule has 1 aliphatic carbocycles. The van der Waals surface area contributed by atoms with Crippen molar-refractivity contribution < 1.29 is 8.42 Å². The maximum absolute atomic E-state index is 10.8. The van der Waals surface area contributed by atoms with Crippen molar-refractivity contribution in [2.24, 2.45) is 11.7 Å². The van der Waals surface area contributed by atoms with E-state index in [0.29, 0.717) is 12.5 Å². The molecular weight excluding hydrogens is 188 g/mol. The van der Waals surface area contributed by atoms with Crippen LogP contribution in [0, 0.1) is 5.92 Å². The van der Waals surface area contributed by atoms with Crippen LogP contribution < -0.4 is 10.5 Å². The van der Waals surface area contributed by atoms with Gasteiger partial charge in [0.1, 0.15) is 0 Å². The molecule has 78 valence electrons. The molecule has 0 saturated heterocycles. The summed E-state index contributed by atoms with van der Waals surface area (Å²) in [6, 6.07) is 0.264. The second-order valence-electron chi connectivity index (χ2n) is 3.91. The first kappa shape index (κ1) is 10.9. The van der Waals surface area contributed by atoms with Gasteiger partial charge in [-0.05, 0) is 25.2 Å². The third-order valence-electron chi connectivity index (χ3n) is 2.46. The lowest BCUT2D eigenvalue weighted by Crippen LogP contribution is -2.35. The minimum Gasteiger partial charge on any atom is -0.328 e. The van der Waals surface area contributed by atoms with Crippen molar-refractivity contribution in [1.82, 2.24) is 4.72 Å². The number of nitrogens with one attached hydrogen (secondary N) is 1. The fourth-order valence-electron chi connectivity index (χ4n) is 1.79. The summed E-state index contributed by atoms with van der Waals surface area (Å²) in [5.41, 5.74) is 5.79. The van der Waals surface area contributed by atoms with Gasteiger partial charge in [0.15, 0.2) is 0 Å². The monoisotopic (exact) mass is 206 g/mol. The molecule has 0 bridgehead atoms. The molecular formula is C8H18N2O2S. The van der Waals surface area contributed by atoms with E-state index in [0.717, 1.165) is 25.7 Å². The average Bonchev–Trinajstić information content (AvgIpc) is 2.00. The summed E-state index contributed by atoms with van der Waals surface area (Å²) < 4.78 is 24.2. The lowest BCUT2D eigenvalue weighted by Gasteiger charge is -2.26. The van der Waals surface area contributed by atoms with Crippen LogP contribution in [-0.2, 0) is 10.0 Å². The van der Waals surface area contributed by atoms with E-state index in [2.05, 4.69) is 4.72 Å². The molecule has 3 N–H and O–H groups in total. The molecule has 0 heterocycles. The van der Waals surface area contributed by atoms with Crippen molar-refractivity contribution in [2.45, 2.75) is 31.7 Å². The molecule has 1 aliphatic rings. The van der Waals surface area contributed by atoms with Crippen molar-refractivity contribution in [2.75, 3.05) is 12.8 Å². The zero-order chi connectivity index (χ0) is 9.90. The van der Waals surface area contributed by atoms with Gasteiger partial charge in [-0.2, -0.15) is 0 Å². The predicted molar refractivity (Wildman–Crippen MR) is 52.8 cm³/mol. The molecule has 1 rings (SSSR count). The van der Waals surface area contributed by atoms with Gasteiger partial charge in [0, 0.05) is 12.6 Å². The van der Waals surface area contributed by atoms with Crippen LogP contribution in [0.15, 0.2) is 0 Å². The van der Waals surface area contributed by atoms with Crippen LogP contribution in [0.2, 0.25) is 0 Å². The molecule has 2 unspecified atom stereocenters. The predicted octanol–water partition coefficient (Wildman–Crippen LogP) is 0.0531. The first-order valence-corrected chi connectivity index (χ1v) is 6.57. The highest BCUT2D eigenvalue weighted by molar-refractivity contribution is 7.88. The summed E-state index contributed by atoms with van der Waals surface area (Å²) in [7, 11) is -3.03. The molecule has 0 aromatic carbocycles. The fourth-order valence-corrected chi connectivity index (χ4v) is 2.33. The number of nitrogens with two attached hydrogens (primary N) is 1. The number of sulfonamides is 1. The van der Waals surface area contributed by atoms with E-state index >= 15 is 0 Å². The van der Waals surface area contributed by atoms with Gasteiger partial charge in [-0.1, -0.05) is 6.42 Å². The Hall–Kier alpha value is -0.130. The zero-order valence-corrected chi connectivity index (χ0v) is 8.81. The van der Waals surface area contributed by atoms with Gasteiger partial charge in [0.2, 0.25) is 10.0 Å². The summed E-state index contributed by atoms with van der Waals surface area (Å²) in [5.74, 6) is 0.429. The van der Waals surface area contributed by atoms with E-state index in [9.17, 15) is 8.42 Å². The molecule has 0 amide bonds. The highest BCUT2D eigenvalue weighted by atomic mass is 32.2. The van der Waals surface area contributed by atoms with Crippen molar-refractivity contribution in [3.05, 3.63) is 0 Å². The largest absolute Gasteiger partial charge is 0.328 e. The first-order valence-electron chi connectivity index (χ1n) is 4.67. The third-order valence-corrected chi connectivity index (χ3v) is 3.15. The molecule has 2 atom stereocenters. The van der Waals surface area contributed by atoms with Crippen LogP contribution in [0.5, 0.6) is 0 Å². The van der Waals surface area contributed by atoms with Gasteiger partial charge in [0.25, 0.3) is 0 Å². The number of hydrogen-bond acceptors (Lipinski definition) is 3. The molecule has 0 spiro atoms. The molecule has 5 heteroatoms. The Morgan fingerprint density at radius 1 is 1.46 bits per heavy atom. The maximum Gasteiger partial charge on any atom is 0.208 e. The molecule has 0 aromatic rings. The second kappa shape index (κ2) is 4.39. The van der Waals surface area contributed by atoms with Crippen molar-refractivity contribution in [3.63, 3.8) is 0 Å². The van der Waals surface area contributed by atoms with Gasteiger partial charge in [-0.15, -0.1) is 0 Å². The molecule has 1 saturated carbocycles. The van der Waals surface area contributed by atoms with Crippen LogP contribution in [0.25, 0.3) is 0 Å². The van der Waals surface area contributed by atoms with E-state index < -0.39 is 10.0 Å². The Balaban J connectivity index is 2.29. The molecule has 1 fully saturated rings. The second-order valence-corrected chi connectivity index (χ2v) is 5.75.